The van der Waals surface area contributed by atoms with Crippen LogP contribution in [0.1, 0.15) is 85.5 Å². The topological polar surface area (TPSA) is 54.5 Å². The molecule has 24 heavy (non-hydrogen) atoms. The SMILES string of the molecule is CCCCCCCCCCN1C(=O)C(C(C)=O)C(=O)C1CC(C)C. The minimum absolute atomic E-state index is 0.180. The van der Waals surface area contributed by atoms with Gasteiger partial charge in [0.25, 0.3) is 0 Å². The van der Waals surface area contributed by atoms with Crippen LogP contribution in [0.2, 0.25) is 0 Å². The Morgan fingerprint density at radius 2 is 1.54 bits per heavy atom. The first-order valence-corrected chi connectivity index (χ1v) is 9.74. The second-order valence-corrected chi connectivity index (χ2v) is 7.60. The van der Waals surface area contributed by atoms with Crippen LogP contribution in [0.25, 0.3) is 0 Å². The Balaban J connectivity index is 2.46. The number of Topliss-reactive ketones (excluding diaryl/α,β-unsaturated/α-hetero) is 2. The molecule has 1 rings (SSSR count). The van der Waals surface area contributed by atoms with E-state index >= 15 is 0 Å². The zero-order valence-electron chi connectivity index (χ0n) is 16.0. The number of carbonyl (C=O) groups excluding carboxylic acids is 3. The van der Waals surface area contributed by atoms with Crippen LogP contribution in [-0.2, 0) is 14.4 Å². The Kier molecular flexibility index (Phi) is 9.24. The molecule has 1 fully saturated rings. The molecule has 2 unspecified atom stereocenters. The van der Waals surface area contributed by atoms with Crippen molar-refractivity contribution in [2.75, 3.05) is 6.54 Å². The van der Waals surface area contributed by atoms with Crippen LogP contribution in [-0.4, -0.2) is 35.0 Å². The van der Waals surface area contributed by atoms with Crippen molar-refractivity contribution in [3.8, 4) is 0 Å². The zero-order chi connectivity index (χ0) is 18.1. The molecule has 0 bridgehead atoms. The molecular formula is C20H35NO3. The third-order valence-electron chi connectivity index (χ3n) is 4.87. The average Bonchev–Trinajstić information content (AvgIpc) is 2.73. The van der Waals surface area contributed by atoms with Crippen LogP contribution in [0.5, 0.6) is 0 Å². The van der Waals surface area contributed by atoms with Gasteiger partial charge >= 0.3 is 0 Å². The molecule has 0 aromatic rings. The molecule has 2 atom stereocenters. The van der Waals surface area contributed by atoms with Crippen LogP contribution in [0, 0.1) is 11.8 Å². The van der Waals surface area contributed by atoms with Crippen molar-refractivity contribution < 1.29 is 14.4 Å². The summed E-state index contributed by atoms with van der Waals surface area (Å²) in [4.78, 5) is 38.3. The maximum atomic E-state index is 12.5. The summed E-state index contributed by atoms with van der Waals surface area (Å²) in [6.07, 6.45) is 10.3. The normalized spacial score (nSPS) is 21.1. The molecule has 0 aromatic carbocycles. The van der Waals surface area contributed by atoms with Crippen molar-refractivity contribution >= 4 is 17.5 Å². The van der Waals surface area contributed by atoms with E-state index in [0.29, 0.717) is 18.9 Å². The van der Waals surface area contributed by atoms with Gasteiger partial charge in [0.2, 0.25) is 5.91 Å². The fraction of sp³-hybridized carbons (Fsp3) is 0.850. The smallest absolute Gasteiger partial charge is 0.241 e. The quantitative estimate of drug-likeness (QED) is 0.397. The molecular weight excluding hydrogens is 302 g/mol. The van der Waals surface area contributed by atoms with Crippen LogP contribution in [0.15, 0.2) is 0 Å². The molecule has 4 heteroatoms. The molecule has 0 aliphatic carbocycles. The molecule has 1 heterocycles. The molecule has 138 valence electrons. The maximum absolute atomic E-state index is 12.5. The van der Waals surface area contributed by atoms with Gasteiger partial charge in [0.05, 0.1) is 6.04 Å². The van der Waals surface area contributed by atoms with E-state index in [0.717, 1.165) is 12.8 Å². The van der Waals surface area contributed by atoms with Gasteiger partial charge in [0, 0.05) is 6.54 Å². The Morgan fingerprint density at radius 1 is 1.00 bits per heavy atom. The minimum Gasteiger partial charge on any atom is -0.332 e. The van der Waals surface area contributed by atoms with E-state index in [1.165, 1.54) is 45.4 Å². The van der Waals surface area contributed by atoms with Gasteiger partial charge in [0.1, 0.15) is 5.78 Å². The third kappa shape index (κ3) is 6.03. The molecule has 1 aliphatic rings. The summed E-state index contributed by atoms with van der Waals surface area (Å²) in [5.41, 5.74) is 0. The summed E-state index contributed by atoms with van der Waals surface area (Å²) >= 11 is 0. The van der Waals surface area contributed by atoms with E-state index in [9.17, 15) is 14.4 Å². The number of nitrogens with zero attached hydrogens (tertiary/aromatic N) is 1. The lowest BCUT2D eigenvalue weighted by Gasteiger charge is -2.24. The van der Waals surface area contributed by atoms with Crippen molar-refractivity contribution in [1.82, 2.24) is 4.90 Å². The van der Waals surface area contributed by atoms with Crippen LogP contribution in [0.4, 0.5) is 0 Å². The number of amides is 1. The van der Waals surface area contributed by atoms with Crippen molar-refractivity contribution in [3.63, 3.8) is 0 Å². The minimum atomic E-state index is -1.04. The van der Waals surface area contributed by atoms with Gasteiger partial charge in [-0.25, -0.2) is 0 Å². The Hall–Kier alpha value is -1.19. The number of unbranched alkanes of at least 4 members (excludes halogenated alkanes) is 7. The molecule has 0 spiro atoms. The van der Waals surface area contributed by atoms with E-state index in [1.54, 1.807) is 4.90 Å². The molecule has 1 aliphatic heterocycles. The Bertz CT molecular complexity index is 431. The molecule has 0 radical (unpaired) electrons. The van der Waals surface area contributed by atoms with Gasteiger partial charge in [-0.05, 0) is 25.7 Å². The predicted molar refractivity (Wildman–Crippen MR) is 96.7 cm³/mol. The van der Waals surface area contributed by atoms with Crippen molar-refractivity contribution in [2.45, 2.75) is 91.5 Å². The summed E-state index contributed by atoms with van der Waals surface area (Å²) in [7, 11) is 0. The lowest BCUT2D eigenvalue weighted by atomic mass is 9.94. The lowest BCUT2D eigenvalue weighted by Crippen LogP contribution is -2.37. The monoisotopic (exact) mass is 337 g/mol. The standard InChI is InChI=1S/C20H35NO3/c1-5-6-7-8-9-10-11-12-13-21-17(14-15(2)3)19(23)18(16(4)22)20(21)24/h15,17-18H,5-14H2,1-4H3. The second kappa shape index (κ2) is 10.6. The largest absolute Gasteiger partial charge is 0.332 e. The first-order valence-electron chi connectivity index (χ1n) is 9.74. The number of rotatable bonds is 12. The maximum Gasteiger partial charge on any atom is 0.241 e. The number of hydrogen-bond acceptors (Lipinski definition) is 3. The van der Waals surface area contributed by atoms with Crippen molar-refractivity contribution in [1.29, 1.82) is 0 Å². The molecule has 0 saturated carbocycles. The predicted octanol–water partition coefficient (Wildman–Crippen LogP) is 4.16. The Morgan fingerprint density at radius 3 is 2.04 bits per heavy atom. The summed E-state index contributed by atoms with van der Waals surface area (Å²) in [5, 5.41) is 0. The van der Waals surface area contributed by atoms with E-state index in [1.807, 2.05) is 13.8 Å². The van der Waals surface area contributed by atoms with Crippen LogP contribution >= 0.6 is 0 Å². The summed E-state index contributed by atoms with van der Waals surface area (Å²) in [6, 6.07) is -0.393. The van der Waals surface area contributed by atoms with E-state index < -0.39 is 12.0 Å². The second-order valence-electron chi connectivity index (χ2n) is 7.60. The molecule has 0 aromatic heterocycles. The highest BCUT2D eigenvalue weighted by Crippen LogP contribution is 2.27. The van der Waals surface area contributed by atoms with Gasteiger partial charge in [-0.15, -0.1) is 0 Å². The number of likely N-dealkylation sites (tertiary alicyclic amines) is 1. The van der Waals surface area contributed by atoms with Crippen molar-refractivity contribution in [3.05, 3.63) is 0 Å². The molecule has 0 N–H and O–H groups in total. The first kappa shape index (κ1) is 20.9. The highest BCUT2D eigenvalue weighted by atomic mass is 16.2. The van der Waals surface area contributed by atoms with E-state index in [4.69, 9.17) is 0 Å². The van der Waals surface area contributed by atoms with E-state index in [-0.39, 0.29) is 17.5 Å². The Labute approximate surface area is 147 Å². The number of hydrogen-bond donors (Lipinski definition) is 0. The third-order valence-corrected chi connectivity index (χ3v) is 4.87. The first-order chi connectivity index (χ1) is 11.4. The van der Waals surface area contributed by atoms with Gasteiger partial charge in [-0.1, -0.05) is 65.7 Å². The molecule has 1 amide bonds. The zero-order valence-corrected chi connectivity index (χ0v) is 16.0. The fourth-order valence-corrected chi connectivity index (χ4v) is 3.53. The van der Waals surface area contributed by atoms with Gasteiger partial charge in [0.15, 0.2) is 11.7 Å². The highest BCUT2D eigenvalue weighted by molar-refractivity contribution is 6.23. The average molecular weight is 338 g/mol. The van der Waals surface area contributed by atoms with E-state index in [2.05, 4.69) is 6.92 Å². The van der Waals surface area contributed by atoms with Crippen LogP contribution in [0.3, 0.4) is 0 Å². The summed E-state index contributed by atoms with van der Waals surface area (Å²) in [6.45, 7) is 8.28. The summed E-state index contributed by atoms with van der Waals surface area (Å²) in [5.74, 6) is -1.46. The number of carbonyl (C=O) groups is 3. The van der Waals surface area contributed by atoms with Crippen LogP contribution < -0.4 is 0 Å². The number of ketones is 2. The van der Waals surface area contributed by atoms with Crippen molar-refractivity contribution in [2.24, 2.45) is 11.8 Å². The lowest BCUT2D eigenvalue weighted by molar-refractivity contribution is -0.138. The summed E-state index contributed by atoms with van der Waals surface area (Å²) < 4.78 is 0. The van der Waals surface area contributed by atoms with Gasteiger partial charge < -0.3 is 4.90 Å². The van der Waals surface area contributed by atoms with Gasteiger partial charge in [-0.2, -0.15) is 0 Å². The molecule has 1 saturated heterocycles. The van der Waals surface area contributed by atoms with Gasteiger partial charge in [-0.3, -0.25) is 14.4 Å². The molecule has 4 nitrogen and oxygen atoms in total. The fourth-order valence-electron chi connectivity index (χ4n) is 3.53. The highest BCUT2D eigenvalue weighted by Gasteiger charge is 2.48.